The first kappa shape index (κ1) is 8.21. The highest BCUT2D eigenvalue weighted by molar-refractivity contribution is 5.22. The van der Waals surface area contributed by atoms with E-state index < -0.39 is 0 Å². The molecule has 1 rings (SSSR count). The molecule has 0 spiro atoms. The second-order valence-electron chi connectivity index (χ2n) is 2.46. The lowest BCUT2D eigenvalue weighted by molar-refractivity contribution is 0.495. The lowest BCUT2D eigenvalue weighted by Crippen LogP contribution is -1.96. The van der Waals surface area contributed by atoms with E-state index in [9.17, 15) is 4.39 Å². The van der Waals surface area contributed by atoms with E-state index in [2.05, 4.69) is 0 Å². The third-order valence-electron chi connectivity index (χ3n) is 1.64. The number of nitrogens with two attached hydrogens (primary N) is 1. The summed E-state index contributed by atoms with van der Waals surface area (Å²) >= 11 is 0. The molecule has 0 heterocycles. The standard InChI is InChI=1S/C9H12FN/c10-6-5-8-1-3-9(7-11)4-2-8/h1-4H,5-7,11H2. The highest BCUT2D eigenvalue weighted by atomic mass is 19.1. The third kappa shape index (κ3) is 2.31. The van der Waals surface area contributed by atoms with Gasteiger partial charge in [-0.3, -0.25) is 4.39 Å². The van der Waals surface area contributed by atoms with Crippen molar-refractivity contribution in [3.8, 4) is 0 Å². The topological polar surface area (TPSA) is 26.0 Å². The Kier molecular flexibility index (Phi) is 3.05. The Hall–Kier alpha value is -0.890. The zero-order valence-electron chi connectivity index (χ0n) is 6.39. The number of hydrogen-bond acceptors (Lipinski definition) is 1. The summed E-state index contributed by atoms with van der Waals surface area (Å²) in [6.45, 7) is 0.262. The second-order valence-corrected chi connectivity index (χ2v) is 2.46. The maximum absolute atomic E-state index is 11.8. The molecule has 1 nitrogen and oxygen atoms in total. The van der Waals surface area contributed by atoms with Gasteiger partial charge in [-0.1, -0.05) is 24.3 Å². The maximum Gasteiger partial charge on any atom is 0.0934 e. The molecule has 1 aromatic carbocycles. The Bertz CT molecular complexity index is 205. The molecule has 0 unspecified atom stereocenters. The molecule has 2 heteroatoms. The van der Waals surface area contributed by atoms with E-state index in [1.54, 1.807) is 0 Å². The highest BCUT2D eigenvalue weighted by Crippen LogP contribution is 2.04. The summed E-state index contributed by atoms with van der Waals surface area (Å²) in [5.74, 6) is 0. The molecule has 0 amide bonds. The van der Waals surface area contributed by atoms with Crippen molar-refractivity contribution in [1.82, 2.24) is 0 Å². The van der Waals surface area contributed by atoms with Crippen LogP contribution >= 0.6 is 0 Å². The summed E-state index contributed by atoms with van der Waals surface area (Å²) < 4.78 is 11.8. The fourth-order valence-electron chi connectivity index (χ4n) is 0.951. The van der Waals surface area contributed by atoms with Gasteiger partial charge in [-0.05, 0) is 11.1 Å². The van der Waals surface area contributed by atoms with Gasteiger partial charge >= 0.3 is 0 Å². The van der Waals surface area contributed by atoms with Crippen molar-refractivity contribution in [2.24, 2.45) is 5.73 Å². The van der Waals surface area contributed by atoms with Crippen molar-refractivity contribution in [3.05, 3.63) is 35.4 Å². The van der Waals surface area contributed by atoms with Crippen LogP contribution in [-0.2, 0) is 13.0 Å². The van der Waals surface area contributed by atoms with Crippen LogP contribution in [0, 0.1) is 0 Å². The summed E-state index contributed by atoms with van der Waals surface area (Å²) in [6, 6.07) is 7.71. The van der Waals surface area contributed by atoms with Crippen molar-refractivity contribution in [1.29, 1.82) is 0 Å². The monoisotopic (exact) mass is 153 g/mol. The van der Waals surface area contributed by atoms with E-state index in [0.29, 0.717) is 13.0 Å². The Balaban J connectivity index is 2.66. The van der Waals surface area contributed by atoms with Gasteiger partial charge in [0.05, 0.1) is 6.67 Å². The molecule has 0 aliphatic carbocycles. The van der Waals surface area contributed by atoms with Crippen molar-refractivity contribution in [3.63, 3.8) is 0 Å². The van der Waals surface area contributed by atoms with Gasteiger partial charge in [0, 0.05) is 13.0 Å². The molecule has 0 fully saturated rings. The molecule has 0 aromatic heterocycles. The zero-order chi connectivity index (χ0) is 8.10. The molecule has 0 aliphatic heterocycles. The highest BCUT2D eigenvalue weighted by Gasteiger charge is 1.91. The molecule has 0 saturated heterocycles. The van der Waals surface area contributed by atoms with Gasteiger partial charge in [0.1, 0.15) is 0 Å². The van der Waals surface area contributed by atoms with Crippen molar-refractivity contribution in [2.75, 3.05) is 6.67 Å². The molecule has 0 bridgehead atoms. The van der Waals surface area contributed by atoms with E-state index in [-0.39, 0.29) is 6.67 Å². The van der Waals surface area contributed by atoms with Crippen molar-refractivity contribution in [2.45, 2.75) is 13.0 Å². The lowest BCUT2D eigenvalue weighted by Gasteiger charge is -1.98. The average Bonchev–Trinajstić information content (AvgIpc) is 2.07. The van der Waals surface area contributed by atoms with Crippen LogP contribution in [-0.4, -0.2) is 6.67 Å². The van der Waals surface area contributed by atoms with Gasteiger partial charge in [-0.15, -0.1) is 0 Å². The molecule has 11 heavy (non-hydrogen) atoms. The van der Waals surface area contributed by atoms with Crippen LogP contribution in [0.5, 0.6) is 0 Å². The van der Waals surface area contributed by atoms with Crippen LogP contribution in [0.1, 0.15) is 11.1 Å². The molecule has 0 atom stereocenters. The van der Waals surface area contributed by atoms with Gasteiger partial charge in [-0.25, -0.2) is 0 Å². The number of aryl methyl sites for hydroxylation is 1. The average molecular weight is 153 g/mol. The van der Waals surface area contributed by atoms with Crippen LogP contribution in [0.2, 0.25) is 0 Å². The van der Waals surface area contributed by atoms with Gasteiger partial charge in [0.2, 0.25) is 0 Å². The van der Waals surface area contributed by atoms with Gasteiger partial charge in [0.15, 0.2) is 0 Å². The molecular weight excluding hydrogens is 141 g/mol. The minimum Gasteiger partial charge on any atom is -0.326 e. The van der Waals surface area contributed by atoms with Crippen molar-refractivity contribution < 1.29 is 4.39 Å². The quantitative estimate of drug-likeness (QED) is 0.702. The first-order chi connectivity index (χ1) is 5.36. The summed E-state index contributed by atoms with van der Waals surface area (Å²) in [6.07, 6.45) is 0.505. The smallest absolute Gasteiger partial charge is 0.0934 e. The molecule has 0 radical (unpaired) electrons. The predicted molar refractivity (Wildman–Crippen MR) is 44.0 cm³/mol. The molecule has 0 aliphatic rings. The largest absolute Gasteiger partial charge is 0.326 e. The number of rotatable bonds is 3. The minimum atomic E-state index is -0.290. The fourth-order valence-corrected chi connectivity index (χ4v) is 0.951. The number of benzene rings is 1. The van der Waals surface area contributed by atoms with Crippen LogP contribution in [0.15, 0.2) is 24.3 Å². The van der Waals surface area contributed by atoms with Crippen LogP contribution in [0.4, 0.5) is 4.39 Å². The Morgan fingerprint density at radius 2 is 1.64 bits per heavy atom. The lowest BCUT2D eigenvalue weighted by atomic mass is 10.1. The Morgan fingerprint density at radius 1 is 1.09 bits per heavy atom. The molecule has 60 valence electrons. The Morgan fingerprint density at radius 3 is 2.09 bits per heavy atom. The number of halogens is 1. The normalized spacial score (nSPS) is 10.0. The molecule has 1 aromatic rings. The number of hydrogen-bond donors (Lipinski definition) is 1. The molecule has 2 N–H and O–H groups in total. The molecular formula is C9H12FN. The summed E-state index contributed by atoms with van der Waals surface area (Å²) in [5, 5.41) is 0. The summed E-state index contributed by atoms with van der Waals surface area (Å²) in [7, 11) is 0. The van der Waals surface area contributed by atoms with Crippen LogP contribution < -0.4 is 5.73 Å². The van der Waals surface area contributed by atoms with Gasteiger partial charge in [0.25, 0.3) is 0 Å². The summed E-state index contributed by atoms with van der Waals surface area (Å²) in [4.78, 5) is 0. The van der Waals surface area contributed by atoms with E-state index in [0.717, 1.165) is 11.1 Å². The van der Waals surface area contributed by atoms with E-state index >= 15 is 0 Å². The third-order valence-corrected chi connectivity index (χ3v) is 1.64. The van der Waals surface area contributed by atoms with Gasteiger partial charge < -0.3 is 5.73 Å². The van der Waals surface area contributed by atoms with Gasteiger partial charge in [-0.2, -0.15) is 0 Å². The van der Waals surface area contributed by atoms with Crippen molar-refractivity contribution >= 4 is 0 Å². The Labute approximate surface area is 66.0 Å². The molecule has 0 saturated carbocycles. The van der Waals surface area contributed by atoms with E-state index in [1.165, 1.54) is 0 Å². The number of alkyl halides is 1. The first-order valence-corrected chi connectivity index (χ1v) is 3.70. The summed E-state index contributed by atoms with van der Waals surface area (Å²) in [5.41, 5.74) is 7.52. The predicted octanol–water partition coefficient (Wildman–Crippen LogP) is 1.66. The zero-order valence-corrected chi connectivity index (χ0v) is 6.39. The van der Waals surface area contributed by atoms with E-state index in [4.69, 9.17) is 5.73 Å². The SMILES string of the molecule is NCc1ccc(CCF)cc1. The second kappa shape index (κ2) is 4.09. The maximum atomic E-state index is 11.8. The van der Waals surface area contributed by atoms with E-state index in [1.807, 2.05) is 24.3 Å². The van der Waals surface area contributed by atoms with Crippen LogP contribution in [0.3, 0.4) is 0 Å². The minimum absolute atomic E-state index is 0.290. The van der Waals surface area contributed by atoms with Crippen LogP contribution in [0.25, 0.3) is 0 Å². The fraction of sp³-hybridized carbons (Fsp3) is 0.333. The first-order valence-electron chi connectivity index (χ1n) is 3.70.